The molecular formula is C15H16BrNOS. The minimum absolute atomic E-state index is 0.499. The van der Waals surface area contributed by atoms with Gasteiger partial charge in [-0.05, 0) is 43.2 Å². The van der Waals surface area contributed by atoms with Crippen LogP contribution in [0.5, 0.6) is 0 Å². The Morgan fingerprint density at radius 2 is 1.89 bits per heavy atom. The zero-order chi connectivity index (χ0) is 14.0. The Kier molecular flexibility index (Phi) is 4.42. The summed E-state index contributed by atoms with van der Waals surface area (Å²) in [6, 6.07) is 11.7. The smallest absolute Gasteiger partial charge is 0.0621 e. The topological polar surface area (TPSA) is 43.1 Å². The molecule has 1 unspecified atom stereocenters. The van der Waals surface area contributed by atoms with Crippen molar-refractivity contribution in [1.82, 2.24) is 0 Å². The molecule has 4 heteroatoms. The van der Waals surface area contributed by atoms with Crippen molar-refractivity contribution in [3.05, 3.63) is 57.6 Å². The molecular weight excluding hydrogens is 322 g/mol. The summed E-state index contributed by atoms with van der Waals surface area (Å²) in [5.41, 5.74) is 9.94. The molecule has 2 aromatic carbocycles. The number of nitrogen functional groups attached to an aromatic ring is 1. The van der Waals surface area contributed by atoms with E-state index in [1.165, 1.54) is 5.56 Å². The van der Waals surface area contributed by atoms with Crippen molar-refractivity contribution in [1.29, 1.82) is 0 Å². The van der Waals surface area contributed by atoms with Crippen LogP contribution in [0.3, 0.4) is 0 Å². The van der Waals surface area contributed by atoms with Crippen LogP contribution in [0.4, 0.5) is 5.69 Å². The van der Waals surface area contributed by atoms with Crippen molar-refractivity contribution in [2.75, 3.05) is 5.73 Å². The third-order valence-electron chi connectivity index (χ3n) is 3.01. The second-order valence-electron chi connectivity index (χ2n) is 4.60. The lowest BCUT2D eigenvalue weighted by molar-refractivity contribution is 0.683. The van der Waals surface area contributed by atoms with Gasteiger partial charge in [0.2, 0.25) is 0 Å². The molecule has 0 bridgehead atoms. The van der Waals surface area contributed by atoms with Gasteiger partial charge < -0.3 is 5.73 Å². The van der Waals surface area contributed by atoms with Crippen LogP contribution in [0.25, 0.3) is 0 Å². The molecule has 0 saturated heterocycles. The van der Waals surface area contributed by atoms with Gasteiger partial charge in [0.25, 0.3) is 0 Å². The minimum atomic E-state index is -1.12. The van der Waals surface area contributed by atoms with Crippen LogP contribution >= 0.6 is 15.9 Å². The summed E-state index contributed by atoms with van der Waals surface area (Å²) in [7, 11) is -1.12. The van der Waals surface area contributed by atoms with Crippen LogP contribution in [-0.2, 0) is 16.6 Å². The molecule has 0 amide bonds. The van der Waals surface area contributed by atoms with Crippen molar-refractivity contribution in [3.8, 4) is 0 Å². The van der Waals surface area contributed by atoms with E-state index in [-0.39, 0.29) is 0 Å². The predicted octanol–water partition coefficient (Wildman–Crippen LogP) is 3.96. The monoisotopic (exact) mass is 337 g/mol. The second kappa shape index (κ2) is 5.88. The van der Waals surface area contributed by atoms with Gasteiger partial charge in [-0.2, -0.15) is 0 Å². The first kappa shape index (κ1) is 14.3. The first-order valence-electron chi connectivity index (χ1n) is 5.97. The van der Waals surface area contributed by atoms with E-state index in [2.05, 4.69) is 34.1 Å². The maximum absolute atomic E-state index is 12.4. The third-order valence-corrected chi connectivity index (χ3v) is 4.94. The quantitative estimate of drug-likeness (QED) is 0.861. The largest absolute Gasteiger partial charge is 0.398 e. The van der Waals surface area contributed by atoms with Gasteiger partial charge >= 0.3 is 0 Å². The molecule has 2 nitrogen and oxygen atoms in total. The molecule has 0 aromatic heterocycles. The minimum Gasteiger partial charge on any atom is -0.398 e. The van der Waals surface area contributed by atoms with Gasteiger partial charge in [-0.1, -0.05) is 39.7 Å². The highest BCUT2D eigenvalue weighted by Gasteiger charge is 2.10. The average Bonchev–Trinajstić information content (AvgIpc) is 2.33. The van der Waals surface area contributed by atoms with Crippen LogP contribution in [0.15, 0.2) is 45.8 Å². The number of halogens is 1. The Morgan fingerprint density at radius 3 is 2.58 bits per heavy atom. The zero-order valence-electron chi connectivity index (χ0n) is 10.9. The lowest BCUT2D eigenvalue weighted by atomic mass is 10.1. The SMILES string of the molecule is Cc1ccc(C)c(CS(=O)c2ccc(Br)cc2N)c1. The van der Waals surface area contributed by atoms with E-state index in [1.54, 1.807) is 6.07 Å². The van der Waals surface area contributed by atoms with E-state index < -0.39 is 10.8 Å². The summed E-state index contributed by atoms with van der Waals surface area (Å²) >= 11 is 3.35. The molecule has 2 rings (SSSR count). The van der Waals surface area contributed by atoms with Gasteiger partial charge in [-0.15, -0.1) is 0 Å². The molecule has 2 N–H and O–H groups in total. The van der Waals surface area contributed by atoms with Crippen molar-refractivity contribution >= 4 is 32.4 Å². The van der Waals surface area contributed by atoms with Gasteiger partial charge in [0.15, 0.2) is 0 Å². The third kappa shape index (κ3) is 3.45. The summed E-state index contributed by atoms with van der Waals surface area (Å²) in [5, 5.41) is 0. The summed E-state index contributed by atoms with van der Waals surface area (Å²) in [6.45, 7) is 4.08. The normalized spacial score (nSPS) is 12.4. The van der Waals surface area contributed by atoms with Gasteiger partial charge in [0, 0.05) is 10.2 Å². The number of hydrogen-bond acceptors (Lipinski definition) is 2. The first-order chi connectivity index (χ1) is 8.97. The summed E-state index contributed by atoms with van der Waals surface area (Å²) in [4.78, 5) is 0.698. The van der Waals surface area contributed by atoms with Crippen LogP contribution in [-0.4, -0.2) is 4.21 Å². The van der Waals surface area contributed by atoms with Crippen molar-refractivity contribution < 1.29 is 4.21 Å². The Morgan fingerprint density at radius 1 is 1.16 bits per heavy atom. The standard InChI is InChI=1S/C15H16BrNOS/c1-10-3-4-11(2)12(7-10)9-19(18)15-6-5-13(16)8-14(15)17/h3-8H,9,17H2,1-2H3. The Bertz CT molecular complexity index is 640. The molecule has 2 aromatic rings. The lowest BCUT2D eigenvalue weighted by Gasteiger charge is -2.09. The van der Waals surface area contributed by atoms with Crippen molar-refractivity contribution in [2.24, 2.45) is 0 Å². The Labute approximate surface area is 124 Å². The van der Waals surface area contributed by atoms with Crippen LogP contribution in [0, 0.1) is 13.8 Å². The molecule has 0 fully saturated rings. The number of benzene rings is 2. The Balaban J connectivity index is 2.28. The number of hydrogen-bond donors (Lipinski definition) is 1. The molecule has 0 radical (unpaired) electrons. The first-order valence-corrected chi connectivity index (χ1v) is 8.08. The summed E-state index contributed by atoms with van der Waals surface area (Å²) < 4.78 is 13.3. The van der Waals surface area contributed by atoms with E-state index in [1.807, 2.05) is 26.0 Å². The number of aryl methyl sites for hydroxylation is 2. The maximum atomic E-state index is 12.4. The zero-order valence-corrected chi connectivity index (χ0v) is 13.3. The molecule has 19 heavy (non-hydrogen) atoms. The van der Waals surface area contributed by atoms with Crippen molar-refractivity contribution in [3.63, 3.8) is 0 Å². The lowest BCUT2D eigenvalue weighted by Crippen LogP contribution is -2.02. The number of anilines is 1. The highest BCUT2D eigenvalue weighted by Crippen LogP contribution is 2.24. The fraction of sp³-hybridized carbons (Fsp3) is 0.200. The van der Waals surface area contributed by atoms with E-state index >= 15 is 0 Å². The highest BCUT2D eigenvalue weighted by atomic mass is 79.9. The molecule has 1 atom stereocenters. The fourth-order valence-corrected chi connectivity index (χ4v) is 3.57. The Hall–Kier alpha value is -1.13. The molecule has 100 valence electrons. The summed E-state index contributed by atoms with van der Waals surface area (Å²) in [5.74, 6) is 0.499. The summed E-state index contributed by atoms with van der Waals surface area (Å²) in [6.07, 6.45) is 0. The average molecular weight is 338 g/mol. The maximum Gasteiger partial charge on any atom is 0.0621 e. The molecule has 0 heterocycles. The second-order valence-corrected chi connectivity index (χ2v) is 6.94. The molecule has 0 saturated carbocycles. The molecule has 0 aliphatic heterocycles. The molecule has 0 aliphatic rings. The number of rotatable bonds is 3. The predicted molar refractivity (Wildman–Crippen MR) is 84.6 cm³/mol. The number of nitrogens with two attached hydrogens (primary N) is 1. The van der Waals surface area contributed by atoms with Crippen LogP contribution < -0.4 is 5.73 Å². The van der Waals surface area contributed by atoms with Crippen molar-refractivity contribution in [2.45, 2.75) is 24.5 Å². The fourth-order valence-electron chi connectivity index (χ4n) is 1.90. The highest BCUT2D eigenvalue weighted by molar-refractivity contribution is 9.10. The molecule has 0 aliphatic carbocycles. The van der Waals surface area contributed by atoms with Gasteiger partial charge in [-0.3, -0.25) is 4.21 Å². The van der Waals surface area contributed by atoms with Crippen LogP contribution in [0.1, 0.15) is 16.7 Å². The van der Waals surface area contributed by atoms with Gasteiger partial charge in [-0.25, -0.2) is 0 Å². The molecule has 0 spiro atoms. The van der Waals surface area contributed by atoms with E-state index in [0.29, 0.717) is 16.3 Å². The van der Waals surface area contributed by atoms with E-state index in [0.717, 1.165) is 15.6 Å². The van der Waals surface area contributed by atoms with E-state index in [4.69, 9.17) is 5.73 Å². The van der Waals surface area contributed by atoms with Gasteiger partial charge in [0.1, 0.15) is 0 Å². The van der Waals surface area contributed by atoms with E-state index in [9.17, 15) is 4.21 Å². The van der Waals surface area contributed by atoms with Crippen LogP contribution in [0.2, 0.25) is 0 Å². The van der Waals surface area contributed by atoms with Gasteiger partial charge in [0.05, 0.1) is 21.4 Å².